The minimum Gasteiger partial charge on any atom is -0.381 e. The largest absolute Gasteiger partial charge is 0.416 e. The third-order valence-corrected chi connectivity index (χ3v) is 3.28. The lowest BCUT2D eigenvalue weighted by molar-refractivity contribution is -0.137. The Morgan fingerprint density at radius 3 is 2.57 bits per heavy atom. The number of carbonyl (C=O) groups excluding carboxylic acids is 1. The minimum absolute atomic E-state index is 0.289. The van der Waals surface area contributed by atoms with E-state index >= 15 is 0 Å². The summed E-state index contributed by atoms with van der Waals surface area (Å²) in [7, 11) is 0. The second-order valence-electron chi connectivity index (χ2n) is 4.99. The van der Waals surface area contributed by atoms with Crippen LogP contribution in [0, 0.1) is 5.92 Å². The number of urea groups is 1. The van der Waals surface area contributed by atoms with Gasteiger partial charge in [0.25, 0.3) is 0 Å². The fourth-order valence-corrected chi connectivity index (χ4v) is 2.12. The fourth-order valence-electron chi connectivity index (χ4n) is 2.12. The summed E-state index contributed by atoms with van der Waals surface area (Å²) in [5.74, 6) is 0.289. The molecule has 1 aliphatic heterocycles. The van der Waals surface area contributed by atoms with Crippen molar-refractivity contribution in [3.63, 3.8) is 0 Å². The minimum atomic E-state index is -4.37. The number of hydrogen-bond acceptors (Lipinski definition) is 2. The summed E-state index contributed by atoms with van der Waals surface area (Å²) in [4.78, 5) is 11.7. The van der Waals surface area contributed by atoms with Crippen LogP contribution in [0.1, 0.15) is 18.4 Å². The number of hydrogen-bond donors (Lipinski definition) is 2. The van der Waals surface area contributed by atoms with Crippen molar-refractivity contribution in [1.29, 1.82) is 0 Å². The van der Waals surface area contributed by atoms with E-state index in [-0.39, 0.29) is 5.92 Å². The molecule has 0 bridgehead atoms. The van der Waals surface area contributed by atoms with Crippen molar-refractivity contribution in [1.82, 2.24) is 5.32 Å². The highest BCUT2D eigenvalue weighted by atomic mass is 19.4. The van der Waals surface area contributed by atoms with Gasteiger partial charge in [-0.25, -0.2) is 4.79 Å². The van der Waals surface area contributed by atoms with E-state index in [1.807, 2.05) is 0 Å². The average Bonchev–Trinajstić information content (AvgIpc) is 2.46. The predicted octanol–water partition coefficient (Wildman–Crippen LogP) is 3.25. The molecule has 2 rings (SSSR count). The molecular weight excluding hydrogens is 285 g/mol. The number of amides is 2. The summed E-state index contributed by atoms with van der Waals surface area (Å²) in [5, 5.41) is 5.20. The van der Waals surface area contributed by atoms with Gasteiger partial charge < -0.3 is 15.4 Å². The van der Waals surface area contributed by atoms with E-state index in [0.717, 1.165) is 31.6 Å². The first-order chi connectivity index (χ1) is 9.95. The van der Waals surface area contributed by atoms with Crippen LogP contribution in [0.15, 0.2) is 24.3 Å². The number of nitrogens with one attached hydrogen (secondary N) is 2. The fraction of sp³-hybridized carbons (Fsp3) is 0.500. The smallest absolute Gasteiger partial charge is 0.381 e. The molecule has 2 N–H and O–H groups in total. The Balaban J connectivity index is 1.79. The van der Waals surface area contributed by atoms with Crippen molar-refractivity contribution in [2.45, 2.75) is 19.0 Å². The molecule has 0 unspecified atom stereocenters. The van der Waals surface area contributed by atoms with Crippen molar-refractivity contribution in [3.8, 4) is 0 Å². The zero-order valence-electron chi connectivity index (χ0n) is 11.4. The van der Waals surface area contributed by atoms with Gasteiger partial charge in [-0.05, 0) is 43.0 Å². The van der Waals surface area contributed by atoms with Gasteiger partial charge in [-0.1, -0.05) is 0 Å². The molecule has 21 heavy (non-hydrogen) atoms. The highest BCUT2D eigenvalue weighted by Crippen LogP contribution is 2.29. The maximum absolute atomic E-state index is 12.4. The molecule has 1 atom stereocenters. The monoisotopic (exact) mass is 302 g/mol. The van der Waals surface area contributed by atoms with Crippen molar-refractivity contribution < 1.29 is 22.7 Å². The molecule has 1 aromatic rings. The van der Waals surface area contributed by atoms with E-state index in [9.17, 15) is 18.0 Å². The van der Waals surface area contributed by atoms with E-state index in [1.165, 1.54) is 12.1 Å². The molecule has 4 nitrogen and oxygen atoms in total. The van der Waals surface area contributed by atoms with Crippen molar-refractivity contribution in [2.75, 3.05) is 25.1 Å². The third kappa shape index (κ3) is 4.93. The first-order valence-corrected chi connectivity index (χ1v) is 6.75. The molecule has 116 valence electrons. The summed E-state index contributed by atoms with van der Waals surface area (Å²) >= 11 is 0. The highest BCUT2D eigenvalue weighted by molar-refractivity contribution is 5.89. The van der Waals surface area contributed by atoms with E-state index in [2.05, 4.69) is 10.6 Å². The molecule has 0 aromatic heterocycles. The van der Waals surface area contributed by atoms with Crippen LogP contribution in [0.4, 0.5) is 23.7 Å². The predicted molar refractivity (Wildman–Crippen MR) is 72.0 cm³/mol. The van der Waals surface area contributed by atoms with Crippen LogP contribution in [0.3, 0.4) is 0 Å². The van der Waals surface area contributed by atoms with Crippen LogP contribution in [0.2, 0.25) is 0 Å². The number of anilines is 1. The van der Waals surface area contributed by atoms with Gasteiger partial charge in [0.1, 0.15) is 0 Å². The maximum Gasteiger partial charge on any atom is 0.416 e. The molecule has 0 saturated carbocycles. The Morgan fingerprint density at radius 1 is 1.29 bits per heavy atom. The summed E-state index contributed by atoms with van der Waals surface area (Å²) < 4.78 is 42.5. The number of ether oxygens (including phenoxy) is 1. The molecular formula is C14H17F3N2O2. The number of carbonyl (C=O) groups is 1. The molecule has 0 radical (unpaired) electrons. The van der Waals surface area contributed by atoms with Gasteiger partial charge in [-0.15, -0.1) is 0 Å². The lowest BCUT2D eigenvalue weighted by Gasteiger charge is -2.22. The molecule has 1 heterocycles. The molecule has 1 saturated heterocycles. The van der Waals surface area contributed by atoms with Gasteiger partial charge in [0.2, 0.25) is 0 Å². The molecule has 1 aliphatic rings. The molecule has 1 aromatic carbocycles. The maximum atomic E-state index is 12.4. The highest BCUT2D eigenvalue weighted by Gasteiger charge is 2.29. The Hall–Kier alpha value is -1.76. The lowest BCUT2D eigenvalue weighted by atomic mass is 10.0. The van der Waals surface area contributed by atoms with Crippen LogP contribution >= 0.6 is 0 Å². The number of halogens is 3. The molecule has 1 fully saturated rings. The van der Waals surface area contributed by atoms with E-state index < -0.39 is 17.8 Å². The number of benzene rings is 1. The van der Waals surface area contributed by atoms with Gasteiger partial charge in [0, 0.05) is 18.8 Å². The standard InChI is InChI=1S/C14H17F3N2O2/c15-14(16,17)11-3-5-12(6-4-11)19-13(20)18-8-10-2-1-7-21-9-10/h3-6,10H,1-2,7-9H2,(H2,18,19,20)/t10-/m1/s1. The number of alkyl halides is 3. The second-order valence-corrected chi connectivity index (χ2v) is 4.99. The Bertz CT molecular complexity index is 468. The van der Waals surface area contributed by atoms with E-state index in [1.54, 1.807) is 0 Å². The Labute approximate surface area is 120 Å². The summed E-state index contributed by atoms with van der Waals surface area (Å²) in [6.45, 7) is 1.88. The van der Waals surface area contributed by atoms with Crippen molar-refractivity contribution >= 4 is 11.7 Å². The first-order valence-electron chi connectivity index (χ1n) is 6.75. The van der Waals surface area contributed by atoms with Gasteiger partial charge in [-0.3, -0.25) is 0 Å². The third-order valence-electron chi connectivity index (χ3n) is 3.28. The second kappa shape index (κ2) is 6.80. The van der Waals surface area contributed by atoms with Crippen LogP contribution in [-0.4, -0.2) is 25.8 Å². The van der Waals surface area contributed by atoms with E-state index in [0.29, 0.717) is 18.8 Å². The van der Waals surface area contributed by atoms with Gasteiger partial charge >= 0.3 is 12.2 Å². The molecule has 0 spiro atoms. The molecule has 2 amide bonds. The van der Waals surface area contributed by atoms with Crippen LogP contribution in [0.5, 0.6) is 0 Å². The quantitative estimate of drug-likeness (QED) is 0.900. The first kappa shape index (κ1) is 15.6. The average molecular weight is 302 g/mol. The van der Waals surface area contributed by atoms with Gasteiger partial charge in [-0.2, -0.15) is 13.2 Å². The molecule has 0 aliphatic carbocycles. The van der Waals surface area contributed by atoms with Gasteiger partial charge in [0.05, 0.1) is 12.2 Å². The number of rotatable bonds is 3. The normalized spacial score (nSPS) is 19.1. The summed E-state index contributed by atoms with van der Waals surface area (Å²) in [5.41, 5.74) is -0.423. The zero-order chi connectivity index (χ0) is 15.3. The van der Waals surface area contributed by atoms with Crippen molar-refractivity contribution in [2.24, 2.45) is 5.92 Å². The lowest BCUT2D eigenvalue weighted by Crippen LogP contribution is -2.35. The topological polar surface area (TPSA) is 50.4 Å². The SMILES string of the molecule is O=C(NC[C@H]1CCCOC1)Nc1ccc(C(F)(F)F)cc1. The van der Waals surface area contributed by atoms with Crippen molar-refractivity contribution in [3.05, 3.63) is 29.8 Å². The van der Waals surface area contributed by atoms with Crippen LogP contribution < -0.4 is 10.6 Å². The molecule has 7 heteroatoms. The summed E-state index contributed by atoms with van der Waals surface area (Å²) in [6, 6.07) is 3.90. The van der Waals surface area contributed by atoms with E-state index in [4.69, 9.17) is 4.74 Å². The van der Waals surface area contributed by atoms with Gasteiger partial charge in [0.15, 0.2) is 0 Å². The van der Waals surface area contributed by atoms with Crippen LogP contribution in [0.25, 0.3) is 0 Å². The zero-order valence-corrected chi connectivity index (χ0v) is 11.4. The van der Waals surface area contributed by atoms with Crippen LogP contribution in [-0.2, 0) is 10.9 Å². The Morgan fingerprint density at radius 2 is 2.00 bits per heavy atom. The summed E-state index contributed by atoms with van der Waals surface area (Å²) in [6.07, 6.45) is -2.39. The Kier molecular flexibility index (Phi) is 5.06.